The summed E-state index contributed by atoms with van der Waals surface area (Å²) < 4.78 is 28.6. The van der Waals surface area contributed by atoms with E-state index in [-0.39, 0.29) is 35.7 Å². The van der Waals surface area contributed by atoms with Crippen molar-refractivity contribution >= 4 is 38.9 Å². The first kappa shape index (κ1) is 28.6. The van der Waals surface area contributed by atoms with Gasteiger partial charge in [-0.2, -0.15) is 4.31 Å². The summed E-state index contributed by atoms with van der Waals surface area (Å²) in [6.07, 6.45) is 0.782. The summed E-state index contributed by atoms with van der Waals surface area (Å²) in [5.41, 5.74) is 1.49. The van der Waals surface area contributed by atoms with Gasteiger partial charge in [-0.15, -0.1) is 11.3 Å². The van der Waals surface area contributed by atoms with Gasteiger partial charge in [-0.05, 0) is 54.8 Å². The fraction of sp³-hybridized carbons (Fsp3) is 0.357. The Morgan fingerprint density at radius 2 is 1.65 bits per heavy atom. The molecule has 3 aromatic rings. The molecule has 0 radical (unpaired) electrons. The van der Waals surface area contributed by atoms with E-state index >= 15 is 0 Å². The van der Waals surface area contributed by atoms with Gasteiger partial charge in [0.15, 0.2) is 0 Å². The average Bonchev–Trinajstić information content (AvgIpc) is 3.28. The summed E-state index contributed by atoms with van der Waals surface area (Å²) in [7, 11) is -3.95. The minimum atomic E-state index is -3.95. The van der Waals surface area contributed by atoms with E-state index in [0.29, 0.717) is 18.8 Å². The summed E-state index contributed by atoms with van der Waals surface area (Å²) in [4.78, 5) is 29.0. The highest BCUT2D eigenvalue weighted by atomic mass is 32.2. The minimum Gasteiger partial charge on any atom is -0.332 e. The minimum absolute atomic E-state index is 0.0729. The second-order valence-corrected chi connectivity index (χ2v) is 12.6. The Labute approximate surface area is 224 Å². The van der Waals surface area contributed by atoms with Crippen molar-refractivity contribution in [3.8, 4) is 0 Å². The lowest BCUT2D eigenvalue weighted by molar-refractivity contribution is -0.132. The number of nitrogens with one attached hydrogen (secondary N) is 1. The molecule has 1 heterocycles. The predicted molar refractivity (Wildman–Crippen MR) is 149 cm³/mol. The number of carbonyl (C=O) groups excluding carboxylic acids is 2. The van der Waals surface area contributed by atoms with E-state index in [9.17, 15) is 18.0 Å². The second kappa shape index (κ2) is 13.0. The van der Waals surface area contributed by atoms with Crippen molar-refractivity contribution in [1.29, 1.82) is 0 Å². The van der Waals surface area contributed by atoms with Crippen molar-refractivity contribution in [3.63, 3.8) is 0 Å². The number of benzene rings is 2. The average molecular weight is 542 g/mol. The first-order valence-electron chi connectivity index (χ1n) is 12.3. The molecule has 9 heteroatoms. The lowest BCUT2D eigenvalue weighted by Crippen LogP contribution is -2.44. The second-order valence-electron chi connectivity index (χ2n) is 9.26. The van der Waals surface area contributed by atoms with Crippen LogP contribution in [0.1, 0.15) is 42.5 Å². The van der Waals surface area contributed by atoms with Crippen LogP contribution in [-0.4, -0.2) is 42.5 Å². The fourth-order valence-electron chi connectivity index (χ4n) is 3.83. The van der Waals surface area contributed by atoms with Crippen molar-refractivity contribution in [2.45, 2.75) is 52.1 Å². The van der Waals surface area contributed by atoms with Crippen LogP contribution in [0, 0.1) is 12.8 Å². The van der Waals surface area contributed by atoms with Crippen molar-refractivity contribution in [3.05, 3.63) is 82.0 Å². The molecule has 1 N–H and O–H groups in total. The smallest absolute Gasteiger partial charge is 0.243 e. The topological polar surface area (TPSA) is 86.8 Å². The molecule has 0 saturated heterocycles. The van der Waals surface area contributed by atoms with E-state index in [0.717, 1.165) is 21.7 Å². The highest BCUT2D eigenvalue weighted by molar-refractivity contribution is 7.89. The molecule has 1 atom stereocenters. The van der Waals surface area contributed by atoms with E-state index < -0.39 is 10.0 Å². The molecule has 37 heavy (non-hydrogen) atoms. The van der Waals surface area contributed by atoms with Gasteiger partial charge >= 0.3 is 0 Å². The van der Waals surface area contributed by atoms with Crippen LogP contribution in [0.3, 0.4) is 0 Å². The third kappa shape index (κ3) is 8.24. The maximum absolute atomic E-state index is 13.7. The quantitative estimate of drug-likeness (QED) is 0.338. The summed E-state index contributed by atoms with van der Waals surface area (Å²) in [5, 5.41) is 2.64. The Morgan fingerprint density at radius 3 is 2.22 bits per heavy atom. The molecular formula is C28H35N3O4S2. The van der Waals surface area contributed by atoms with E-state index in [1.165, 1.54) is 23.4 Å². The number of aryl methyl sites for hydroxylation is 1. The van der Waals surface area contributed by atoms with Gasteiger partial charge in [-0.3, -0.25) is 9.59 Å². The maximum atomic E-state index is 13.7. The number of thiophene rings is 1. The predicted octanol–water partition coefficient (Wildman–Crippen LogP) is 5.28. The summed E-state index contributed by atoms with van der Waals surface area (Å²) >= 11 is 1.63. The molecule has 2 aromatic carbocycles. The molecule has 1 aromatic heterocycles. The monoisotopic (exact) mass is 541 g/mol. The van der Waals surface area contributed by atoms with Crippen molar-refractivity contribution in [1.82, 2.24) is 9.21 Å². The van der Waals surface area contributed by atoms with Crippen LogP contribution in [-0.2, 0) is 32.7 Å². The van der Waals surface area contributed by atoms with E-state index in [2.05, 4.69) is 5.32 Å². The van der Waals surface area contributed by atoms with E-state index in [1.54, 1.807) is 28.4 Å². The molecule has 2 amide bonds. The molecule has 3 rings (SSSR count). The van der Waals surface area contributed by atoms with Crippen LogP contribution in [0.2, 0.25) is 0 Å². The lowest BCUT2D eigenvalue weighted by atomic mass is 10.1. The Kier molecular flexibility index (Phi) is 10.0. The SMILES string of the molecule is CCC(C)CN(CC(=O)N(Cc1ccccc1)Cc1ccc(C)s1)S(=O)(=O)c1ccc(NC(C)=O)cc1. The largest absolute Gasteiger partial charge is 0.332 e. The molecule has 0 aliphatic carbocycles. The van der Waals surface area contributed by atoms with Gasteiger partial charge in [-0.25, -0.2) is 8.42 Å². The Balaban J connectivity index is 1.88. The third-order valence-electron chi connectivity index (χ3n) is 6.05. The molecule has 1 unspecified atom stereocenters. The molecule has 0 spiro atoms. The molecule has 0 aliphatic heterocycles. The van der Waals surface area contributed by atoms with Crippen LogP contribution >= 0.6 is 11.3 Å². The van der Waals surface area contributed by atoms with Crippen LogP contribution < -0.4 is 5.32 Å². The van der Waals surface area contributed by atoms with Crippen molar-refractivity contribution in [2.24, 2.45) is 5.92 Å². The number of sulfonamides is 1. The number of nitrogens with zero attached hydrogens (tertiary/aromatic N) is 2. The zero-order valence-corrected chi connectivity index (χ0v) is 23.4. The van der Waals surface area contributed by atoms with Gasteiger partial charge in [-0.1, -0.05) is 50.6 Å². The fourth-order valence-corrected chi connectivity index (χ4v) is 6.25. The van der Waals surface area contributed by atoms with Crippen LogP contribution in [0.4, 0.5) is 5.69 Å². The van der Waals surface area contributed by atoms with Gasteiger partial charge in [0.2, 0.25) is 21.8 Å². The molecule has 0 fully saturated rings. The highest BCUT2D eigenvalue weighted by Gasteiger charge is 2.30. The van der Waals surface area contributed by atoms with Crippen LogP contribution in [0.15, 0.2) is 71.6 Å². The van der Waals surface area contributed by atoms with Gasteiger partial charge < -0.3 is 10.2 Å². The number of hydrogen-bond donors (Lipinski definition) is 1. The lowest BCUT2D eigenvalue weighted by Gasteiger charge is -2.28. The van der Waals surface area contributed by atoms with E-state index in [4.69, 9.17) is 0 Å². The van der Waals surface area contributed by atoms with Gasteiger partial charge in [0.05, 0.1) is 18.0 Å². The zero-order chi connectivity index (χ0) is 27.0. The molecule has 198 valence electrons. The van der Waals surface area contributed by atoms with Crippen molar-refractivity contribution < 1.29 is 18.0 Å². The molecule has 0 bridgehead atoms. The maximum Gasteiger partial charge on any atom is 0.243 e. The van der Waals surface area contributed by atoms with Gasteiger partial charge in [0.1, 0.15) is 0 Å². The standard InChI is InChI=1S/C28H35N3O4S2/c1-5-21(2)17-31(37(34,35)27-15-12-25(13-16-27)29-23(4)32)20-28(33)30(18-24-9-7-6-8-10-24)19-26-14-11-22(3)36-26/h6-16,21H,5,17-20H2,1-4H3,(H,29,32). The Morgan fingerprint density at radius 1 is 0.973 bits per heavy atom. The molecule has 0 aliphatic rings. The van der Waals surface area contributed by atoms with E-state index in [1.807, 2.05) is 63.2 Å². The Hall–Kier alpha value is -3.01. The van der Waals surface area contributed by atoms with Gasteiger partial charge in [0.25, 0.3) is 0 Å². The van der Waals surface area contributed by atoms with Gasteiger partial charge in [0, 0.05) is 35.5 Å². The number of amides is 2. The highest BCUT2D eigenvalue weighted by Crippen LogP contribution is 2.23. The number of hydrogen-bond acceptors (Lipinski definition) is 5. The normalized spacial score (nSPS) is 12.4. The number of carbonyl (C=O) groups is 2. The number of rotatable bonds is 12. The molecule has 7 nitrogen and oxygen atoms in total. The third-order valence-corrected chi connectivity index (χ3v) is 8.86. The summed E-state index contributed by atoms with van der Waals surface area (Å²) in [6.45, 7) is 8.17. The first-order chi connectivity index (χ1) is 17.6. The molecular weight excluding hydrogens is 506 g/mol. The first-order valence-corrected chi connectivity index (χ1v) is 14.6. The van der Waals surface area contributed by atoms with Crippen LogP contribution in [0.5, 0.6) is 0 Å². The Bertz CT molecular complexity index is 1290. The number of anilines is 1. The summed E-state index contributed by atoms with van der Waals surface area (Å²) in [6, 6.07) is 19.8. The zero-order valence-electron chi connectivity index (χ0n) is 21.8. The van der Waals surface area contributed by atoms with Crippen LogP contribution in [0.25, 0.3) is 0 Å². The van der Waals surface area contributed by atoms with Crippen molar-refractivity contribution in [2.75, 3.05) is 18.4 Å². The molecule has 0 saturated carbocycles. The summed E-state index contributed by atoms with van der Waals surface area (Å²) in [5.74, 6) is -0.417.